The van der Waals surface area contributed by atoms with Gasteiger partial charge in [-0.2, -0.15) is 0 Å². The van der Waals surface area contributed by atoms with Gasteiger partial charge >= 0.3 is 0 Å². The Balaban J connectivity index is 2.28. The molecule has 0 amide bonds. The zero-order chi connectivity index (χ0) is 11.1. The monoisotopic (exact) mass is 270 g/mol. The first-order valence-electron chi connectivity index (χ1n) is 5.41. The van der Waals surface area contributed by atoms with E-state index in [4.69, 9.17) is 5.73 Å². The van der Waals surface area contributed by atoms with Crippen molar-refractivity contribution in [2.45, 2.75) is 19.9 Å². The van der Waals surface area contributed by atoms with Crippen molar-refractivity contribution in [3.63, 3.8) is 0 Å². The first-order valence-corrected chi connectivity index (χ1v) is 6.20. The third-order valence-electron chi connectivity index (χ3n) is 2.59. The summed E-state index contributed by atoms with van der Waals surface area (Å²) in [6.45, 7) is 4.87. The van der Waals surface area contributed by atoms with Gasteiger partial charge in [0.05, 0.1) is 0 Å². The van der Waals surface area contributed by atoms with E-state index in [0.717, 1.165) is 30.5 Å². The highest BCUT2D eigenvalue weighted by Crippen LogP contribution is 2.10. The molecule has 0 aliphatic carbocycles. The van der Waals surface area contributed by atoms with Gasteiger partial charge in [0, 0.05) is 11.0 Å². The quantitative estimate of drug-likeness (QED) is 0.834. The predicted octanol–water partition coefficient (Wildman–Crippen LogP) is 2.52. The molecule has 1 unspecified atom stereocenters. The summed E-state index contributed by atoms with van der Waals surface area (Å²) in [7, 11) is 0. The molecule has 2 nitrogen and oxygen atoms in total. The molecular formula is C12H19BrN2. The first-order chi connectivity index (χ1) is 7.26. The minimum Gasteiger partial charge on any atom is -0.330 e. The molecule has 0 aromatic heterocycles. The molecule has 1 rings (SSSR count). The fourth-order valence-electron chi connectivity index (χ4n) is 1.42. The van der Waals surface area contributed by atoms with E-state index < -0.39 is 0 Å². The Morgan fingerprint density at radius 1 is 1.33 bits per heavy atom. The molecule has 1 aromatic rings. The Labute approximate surface area is 100 Å². The predicted molar refractivity (Wildman–Crippen MR) is 68.7 cm³/mol. The van der Waals surface area contributed by atoms with Gasteiger partial charge in [-0.05, 0) is 36.7 Å². The number of nitrogens with two attached hydrogens (primary N) is 1. The van der Waals surface area contributed by atoms with E-state index in [0.29, 0.717) is 5.92 Å². The third-order valence-corrected chi connectivity index (χ3v) is 3.11. The van der Waals surface area contributed by atoms with Crippen molar-refractivity contribution in [3.8, 4) is 0 Å². The topological polar surface area (TPSA) is 38.0 Å². The average molecular weight is 271 g/mol. The zero-order valence-electron chi connectivity index (χ0n) is 9.17. The Morgan fingerprint density at radius 2 is 2.00 bits per heavy atom. The van der Waals surface area contributed by atoms with Gasteiger partial charge in [0.15, 0.2) is 0 Å². The van der Waals surface area contributed by atoms with Crippen molar-refractivity contribution in [2.24, 2.45) is 11.7 Å². The molecule has 3 heteroatoms. The van der Waals surface area contributed by atoms with Crippen molar-refractivity contribution in [1.29, 1.82) is 0 Å². The highest BCUT2D eigenvalue weighted by molar-refractivity contribution is 9.10. The Kier molecular flexibility index (Phi) is 5.91. The SMILES string of the molecule is CCC(CN)CNCc1ccc(Br)cc1. The van der Waals surface area contributed by atoms with Crippen molar-refractivity contribution < 1.29 is 0 Å². The van der Waals surface area contributed by atoms with Gasteiger partial charge in [-0.3, -0.25) is 0 Å². The average Bonchev–Trinajstić information content (AvgIpc) is 2.27. The van der Waals surface area contributed by atoms with E-state index in [1.807, 2.05) is 0 Å². The lowest BCUT2D eigenvalue weighted by molar-refractivity contribution is 0.471. The van der Waals surface area contributed by atoms with Crippen LogP contribution in [0.5, 0.6) is 0 Å². The van der Waals surface area contributed by atoms with Gasteiger partial charge in [-0.1, -0.05) is 41.4 Å². The molecule has 0 saturated carbocycles. The van der Waals surface area contributed by atoms with Crippen LogP contribution in [0.25, 0.3) is 0 Å². The number of nitrogens with one attached hydrogen (secondary N) is 1. The highest BCUT2D eigenvalue weighted by Gasteiger charge is 2.02. The van der Waals surface area contributed by atoms with E-state index in [1.165, 1.54) is 5.56 Å². The highest BCUT2D eigenvalue weighted by atomic mass is 79.9. The minimum atomic E-state index is 0.598. The lowest BCUT2D eigenvalue weighted by atomic mass is 10.1. The van der Waals surface area contributed by atoms with Gasteiger partial charge < -0.3 is 11.1 Å². The number of halogens is 1. The largest absolute Gasteiger partial charge is 0.330 e. The number of benzene rings is 1. The van der Waals surface area contributed by atoms with Crippen molar-refractivity contribution in [1.82, 2.24) is 5.32 Å². The van der Waals surface area contributed by atoms with Crippen LogP contribution in [-0.4, -0.2) is 13.1 Å². The first kappa shape index (κ1) is 12.7. The molecule has 15 heavy (non-hydrogen) atoms. The van der Waals surface area contributed by atoms with Crippen LogP contribution >= 0.6 is 15.9 Å². The number of hydrogen-bond donors (Lipinski definition) is 2. The molecule has 0 fully saturated rings. The molecule has 3 N–H and O–H groups in total. The normalized spacial score (nSPS) is 12.7. The molecule has 0 aliphatic rings. The summed E-state index contributed by atoms with van der Waals surface area (Å²) in [4.78, 5) is 0. The van der Waals surface area contributed by atoms with Gasteiger partial charge in [-0.15, -0.1) is 0 Å². The Bertz CT molecular complexity index is 267. The Hall–Kier alpha value is -0.380. The molecule has 0 heterocycles. The van der Waals surface area contributed by atoms with E-state index in [9.17, 15) is 0 Å². The van der Waals surface area contributed by atoms with Crippen LogP contribution in [0.4, 0.5) is 0 Å². The lowest BCUT2D eigenvalue weighted by Gasteiger charge is -2.13. The van der Waals surface area contributed by atoms with Crippen LogP contribution in [0.15, 0.2) is 28.7 Å². The summed E-state index contributed by atoms with van der Waals surface area (Å²) in [5, 5.41) is 3.43. The smallest absolute Gasteiger partial charge is 0.0205 e. The second-order valence-corrected chi connectivity index (χ2v) is 4.68. The standard InChI is InChI=1S/C12H19BrN2/c1-2-10(7-14)8-15-9-11-3-5-12(13)6-4-11/h3-6,10,15H,2,7-9,14H2,1H3. The van der Waals surface area contributed by atoms with Crippen molar-refractivity contribution in [2.75, 3.05) is 13.1 Å². The summed E-state index contributed by atoms with van der Waals surface area (Å²) in [5.74, 6) is 0.598. The second kappa shape index (κ2) is 6.99. The minimum absolute atomic E-state index is 0.598. The van der Waals surface area contributed by atoms with Crippen molar-refractivity contribution >= 4 is 15.9 Å². The summed E-state index contributed by atoms with van der Waals surface area (Å²) < 4.78 is 1.12. The van der Waals surface area contributed by atoms with Gasteiger partial charge in [0.1, 0.15) is 0 Å². The lowest BCUT2D eigenvalue weighted by Crippen LogP contribution is -2.27. The molecule has 0 aliphatic heterocycles. The van der Waals surface area contributed by atoms with Crippen LogP contribution in [0, 0.1) is 5.92 Å². The molecule has 0 spiro atoms. The number of hydrogen-bond acceptors (Lipinski definition) is 2. The van der Waals surface area contributed by atoms with Gasteiger partial charge in [0.2, 0.25) is 0 Å². The van der Waals surface area contributed by atoms with Crippen LogP contribution in [0.3, 0.4) is 0 Å². The molecule has 84 valence electrons. The zero-order valence-corrected chi connectivity index (χ0v) is 10.8. The Morgan fingerprint density at radius 3 is 2.53 bits per heavy atom. The van der Waals surface area contributed by atoms with E-state index in [-0.39, 0.29) is 0 Å². The second-order valence-electron chi connectivity index (χ2n) is 3.77. The summed E-state index contributed by atoms with van der Waals surface area (Å²) in [5.41, 5.74) is 6.95. The molecule has 1 aromatic carbocycles. The van der Waals surface area contributed by atoms with Gasteiger partial charge in [0.25, 0.3) is 0 Å². The molecule has 0 radical (unpaired) electrons. The fourth-order valence-corrected chi connectivity index (χ4v) is 1.68. The number of rotatable bonds is 6. The van der Waals surface area contributed by atoms with Crippen LogP contribution in [0.1, 0.15) is 18.9 Å². The van der Waals surface area contributed by atoms with Crippen LogP contribution in [-0.2, 0) is 6.54 Å². The maximum atomic E-state index is 5.64. The molecular weight excluding hydrogens is 252 g/mol. The summed E-state index contributed by atoms with van der Waals surface area (Å²) >= 11 is 3.42. The summed E-state index contributed by atoms with van der Waals surface area (Å²) in [6, 6.07) is 8.38. The molecule has 0 bridgehead atoms. The van der Waals surface area contributed by atoms with E-state index >= 15 is 0 Å². The third kappa shape index (κ3) is 4.78. The van der Waals surface area contributed by atoms with E-state index in [1.54, 1.807) is 0 Å². The van der Waals surface area contributed by atoms with E-state index in [2.05, 4.69) is 52.4 Å². The molecule has 1 atom stereocenters. The fraction of sp³-hybridized carbons (Fsp3) is 0.500. The maximum Gasteiger partial charge on any atom is 0.0205 e. The maximum absolute atomic E-state index is 5.64. The van der Waals surface area contributed by atoms with Crippen LogP contribution in [0.2, 0.25) is 0 Å². The summed E-state index contributed by atoms with van der Waals surface area (Å²) in [6.07, 6.45) is 1.14. The molecule has 0 saturated heterocycles. The van der Waals surface area contributed by atoms with Crippen LogP contribution < -0.4 is 11.1 Å². The van der Waals surface area contributed by atoms with Gasteiger partial charge in [-0.25, -0.2) is 0 Å². The van der Waals surface area contributed by atoms with Crippen molar-refractivity contribution in [3.05, 3.63) is 34.3 Å².